The smallest absolute Gasteiger partial charge is 0.235 e. The van der Waals surface area contributed by atoms with Gasteiger partial charge in [0.1, 0.15) is 5.82 Å². The summed E-state index contributed by atoms with van der Waals surface area (Å²) in [6, 6.07) is 6.45. The normalized spacial score (nSPS) is 18.6. The Bertz CT molecular complexity index is 553. The van der Waals surface area contributed by atoms with Gasteiger partial charge in [-0.2, -0.15) is 5.26 Å². The quantitative estimate of drug-likeness (QED) is 0.857. The number of hydrogen-bond acceptors (Lipinski definition) is 3. The van der Waals surface area contributed by atoms with Crippen LogP contribution in [0.2, 0.25) is 0 Å². The highest BCUT2D eigenvalue weighted by Gasteiger charge is 2.33. The molecule has 5 heteroatoms. The molecule has 0 aliphatic carbocycles. The Labute approximate surface area is 122 Å². The maximum atomic E-state index is 13.1. The summed E-state index contributed by atoms with van der Waals surface area (Å²) in [6.07, 6.45) is 0.838. The van der Waals surface area contributed by atoms with Crippen molar-refractivity contribution in [2.45, 2.75) is 37.3 Å². The van der Waals surface area contributed by atoms with Crippen molar-refractivity contribution in [3.8, 4) is 6.07 Å². The van der Waals surface area contributed by atoms with Crippen LogP contribution in [0.15, 0.2) is 18.2 Å². The van der Waals surface area contributed by atoms with Crippen molar-refractivity contribution < 1.29 is 9.18 Å². The Morgan fingerprint density at radius 2 is 2.30 bits per heavy atom. The number of carbonyl (C=O) groups is 1. The first kappa shape index (κ1) is 14.9. The lowest BCUT2D eigenvalue weighted by atomic mass is 10.1. The molecule has 0 bridgehead atoms. The monoisotopic (exact) mass is 292 g/mol. The molecule has 0 N–H and O–H groups in total. The number of amides is 1. The Hall–Kier alpha value is -1.54. The molecule has 1 aromatic carbocycles. The molecule has 1 aliphatic rings. The van der Waals surface area contributed by atoms with Crippen molar-refractivity contribution in [3.63, 3.8) is 0 Å². The molecule has 3 nitrogen and oxygen atoms in total. The molecule has 0 spiro atoms. The number of likely N-dealkylation sites (tertiary alicyclic amines) is 1. The summed E-state index contributed by atoms with van der Waals surface area (Å²) >= 11 is 1.54. The highest BCUT2D eigenvalue weighted by atomic mass is 32.2. The molecule has 106 valence electrons. The lowest BCUT2D eigenvalue weighted by Gasteiger charge is -2.20. The van der Waals surface area contributed by atoms with Crippen LogP contribution < -0.4 is 0 Å². The van der Waals surface area contributed by atoms with Gasteiger partial charge in [-0.25, -0.2) is 4.39 Å². The minimum Gasteiger partial charge on any atom is -0.339 e. The maximum Gasteiger partial charge on any atom is 0.235 e. The number of benzene rings is 1. The summed E-state index contributed by atoms with van der Waals surface area (Å²) in [4.78, 5) is 14.0. The van der Waals surface area contributed by atoms with E-state index < -0.39 is 5.82 Å². The van der Waals surface area contributed by atoms with E-state index in [1.807, 2.05) is 24.8 Å². The van der Waals surface area contributed by atoms with Crippen LogP contribution in [0, 0.1) is 17.1 Å². The second-order valence-corrected chi connectivity index (χ2v) is 6.32. The Morgan fingerprint density at radius 3 is 2.90 bits per heavy atom. The molecule has 1 amide bonds. The number of hydrogen-bond donors (Lipinski definition) is 0. The third-order valence-electron chi connectivity index (χ3n) is 3.45. The number of carbonyl (C=O) groups excluding carboxylic acids is 1. The average Bonchev–Trinajstić information content (AvgIpc) is 2.78. The number of rotatable bonds is 4. The molecule has 0 aromatic heterocycles. The van der Waals surface area contributed by atoms with Gasteiger partial charge in [0.25, 0.3) is 0 Å². The molecule has 0 saturated carbocycles. The third kappa shape index (κ3) is 3.13. The average molecular weight is 292 g/mol. The number of nitriles is 1. The number of halogens is 1. The van der Waals surface area contributed by atoms with Gasteiger partial charge in [-0.1, -0.05) is 6.07 Å². The zero-order valence-corrected chi connectivity index (χ0v) is 12.4. The number of nitrogens with zero attached hydrogens (tertiary/aromatic N) is 2. The highest BCUT2D eigenvalue weighted by molar-refractivity contribution is 7.99. The fourth-order valence-electron chi connectivity index (χ4n) is 2.31. The molecule has 2 rings (SSSR count). The van der Waals surface area contributed by atoms with E-state index in [1.165, 1.54) is 23.9 Å². The van der Waals surface area contributed by atoms with Gasteiger partial charge in [-0.3, -0.25) is 4.79 Å². The molecule has 1 aromatic rings. The van der Waals surface area contributed by atoms with Crippen LogP contribution in [0.25, 0.3) is 0 Å². The molecule has 0 radical (unpaired) electrons. The predicted molar refractivity (Wildman–Crippen MR) is 77.7 cm³/mol. The van der Waals surface area contributed by atoms with Gasteiger partial charge in [0.05, 0.1) is 16.9 Å². The second-order valence-electron chi connectivity index (χ2n) is 5.13. The first-order valence-corrected chi connectivity index (χ1v) is 7.68. The Morgan fingerprint density at radius 1 is 1.55 bits per heavy atom. The first-order valence-electron chi connectivity index (χ1n) is 6.63. The van der Waals surface area contributed by atoms with E-state index in [4.69, 9.17) is 5.26 Å². The van der Waals surface area contributed by atoms with Crippen molar-refractivity contribution in [1.29, 1.82) is 5.26 Å². The molecule has 1 saturated heterocycles. The second kappa shape index (κ2) is 6.27. The fraction of sp³-hybridized carbons (Fsp3) is 0.467. The summed E-state index contributed by atoms with van der Waals surface area (Å²) in [5.74, 6) is 0.328. The standard InChI is InChI=1S/C15H17FN2OS/c1-10(2)18-6-5-14(15(18)19)20-9-11-3-4-13(16)7-12(11)8-17/h3-4,7,10,14H,5-6,9H2,1-2H3/t14-/m0/s1. The summed E-state index contributed by atoms with van der Waals surface area (Å²) in [6.45, 7) is 4.82. The lowest BCUT2D eigenvalue weighted by molar-refractivity contribution is -0.128. The van der Waals surface area contributed by atoms with E-state index in [9.17, 15) is 9.18 Å². The van der Waals surface area contributed by atoms with Gasteiger partial charge >= 0.3 is 0 Å². The van der Waals surface area contributed by atoms with E-state index in [-0.39, 0.29) is 17.2 Å². The molecule has 1 atom stereocenters. The first-order chi connectivity index (χ1) is 9.52. The van der Waals surface area contributed by atoms with E-state index in [2.05, 4.69) is 0 Å². The lowest BCUT2D eigenvalue weighted by Crippen LogP contribution is -2.34. The number of thioether (sulfide) groups is 1. The molecule has 1 fully saturated rings. The molecule has 1 heterocycles. The summed E-state index contributed by atoms with van der Waals surface area (Å²) in [5, 5.41) is 8.95. The van der Waals surface area contributed by atoms with Gasteiger partial charge in [-0.15, -0.1) is 11.8 Å². The Balaban J connectivity index is 2.00. The maximum absolute atomic E-state index is 13.1. The minimum absolute atomic E-state index is 0.0472. The zero-order valence-electron chi connectivity index (χ0n) is 11.6. The van der Waals surface area contributed by atoms with Crippen LogP contribution in [0.4, 0.5) is 4.39 Å². The zero-order chi connectivity index (χ0) is 14.7. The van der Waals surface area contributed by atoms with Crippen LogP contribution in [0.5, 0.6) is 0 Å². The van der Waals surface area contributed by atoms with E-state index >= 15 is 0 Å². The van der Waals surface area contributed by atoms with Crippen molar-refractivity contribution in [2.75, 3.05) is 6.54 Å². The van der Waals surface area contributed by atoms with Crippen molar-refractivity contribution in [3.05, 3.63) is 35.1 Å². The molecule has 20 heavy (non-hydrogen) atoms. The van der Waals surface area contributed by atoms with Crippen LogP contribution in [0.3, 0.4) is 0 Å². The molecule has 0 unspecified atom stereocenters. The fourth-order valence-corrected chi connectivity index (χ4v) is 3.49. The highest BCUT2D eigenvalue weighted by Crippen LogP contribution is 2.29. The van der Waals surface area contributed by atoms with Crippen molar-refractivity contribution in [2.24, 2.45) is 0 Å². The van der Waals surface area contributed by atoms with Gasteiger partial charge in [-0.05, 0) is 38.0 Å². The van der Waals surface area contributed by atoms with E-state index in [0.717, 1.165) is 18.5 Å². The van der Waals surface area contributed by atoms with Crippen molar-refractivity contribution in [1.82, 2.24) is 4.90 Å². The third-order valence-corrected chi connectivity index (χ3v) is 4.76. The minimum atomic E-state index is -0.404. The SMILES string of the molecule is CC(C)N1CC[C@H](SCc2ccc(F)cc2C#N)C1=O. The van der Waals surface area contributed by atoms with Gasteiger partial charge < -0.3 is 4.90 Å². The topological polar surface area (TPSA) is 44.1 Å². The Kier molecular flexibility index (Phi) is 4.66. The van der Waals surface area contributed by atoms with Crippen LogP contribution >= 0.6 is 11.8 Å². The van der Waals surface area contributed by atoms with Crippen LogP contribution in [-0.2, 0) is 10.5 Å². The van der Waals surface area contributed by atoms with Gasteiger partial charge in [0.2, 0.25) is 5.91 Å². The van der Waals surface area contributed by atoms with Crippen LogP contribution in [0.1, 0.15) is 31.4 Å². The summed E-state index contributed by atoms with van der Waals surface area (Å²) in [7, 11) is 0. The predicted octanol–water partition coefficient (Wildman–Crippen LogP) is 2.94. The van der Waals surface area contributed by atoms with Gasteiger partial charge in [0, 0.05) is 18.3 Å². The molecular weight excluding hydrogens is 275 g/mol. The van der Waals surface area contributed by atoms with E-state index in [1.54, 1.807) is 6.07 Å². The molecule has 1 aliphatic heterocycles. The van der Waals surface area contributed by atoms with Gasteiger partial charge in [0.15, 0.2) is 0 Å². The summed E-state index contributed by atoms with van der Waals surface area (Å²) < 4.78 is 13.1. The largest absolute Gasteiger partial charge is 0.339 e. The molecular formula is C15H17FN2OS. The van der Waals surface area contributed by atoms with Crippen LogP contribution in [-0.4, -0.2) is 28.6 Å². The van der Waals surface area contributed by atoms with E-state index in [0.29, 0.717) is 11.3 Å². The van der Waals surface area contributed by atoms with Crippen molar-refractivity contribution >= 4 is 17.7 Å². The summed E-state index contributed by atoms with van der Waals surface area (Å²) in [5.41, 5.74) is 1.14.